The minimum atomic E-state index is 0.204. The van der Waals surface area contributed by atoms with Crippen molar-refractivity contribution >= 4 is 5.69 Å². The molecule has 0 bridgehead atoms. The SMILES string of the molecule is Cc1cccc(C)c1CNc1ccc(CCO)cc1. The van der Waals surface area contributed by atoms with Crippen LogP contribution in [-0.4, -0.2) is 11.7 Å². The van der Waals surface area contributed by atoms with Crippen molar-refractivity contribution in [2.24, 2.45) is 0 Å². The van der Waals surface area contributed by atoms with Crippen molar-refractivity contribution in [2.45, 2.75) is 26.8 Å². The van der Waals surface area contributed by atoms with Gasteiger partial charge in [-0.3, -0.25) is 0 Å². The summed E-state index contributed by atoms with van der Waals surface area (Å²) in [5, 5.41) is 12.3. The van der Waals surface area contributed by atoms with E-state index in [2.05, 4.69) is 61.6 Å². The maximum absolute atomic E-state index is 8.89. The molecular weight excluding hydrogens is 234 g/mol. The van der Waals surface area contributed by atoms with Gasteiger partial charge in [0, 0.05) is 18.8 Å². The quantitative estimate of drug-likeness (QED) is 0.857. The highest BCUT2D eigenvalue weighted by atomic mass is 16.2. The summed E-state index contributed by atoms with van der Waals surface area (Å²) in [6.45, 7) is 5.34. The number of aliphatic hydroxyl groups is 1. The summed E-state index contributed by atoms with van der Waals surface area (Å²) in [6.07, 6.45) is 0.719. The first-order valence-electron chi connectivity index (χ1n) is 6.69. The lowest BCUT2D eigenvalue weighted by Crippen LogP contribution is -2.03. The zero-order valence-corrected chi connectivity index (χ0v) is 11.6. The Morgan fingerprint density at radius 1 is 0.947 bits per heavy atom. The van der Waals surface area contributed by atoms with Crippen LogP contribution in [0.4, 0.5) is 5.69 Å². The summed E-state index contributed by atoms with van der Waals surface area (Å²) in [7, 11) is 0. The summed E-state index contributed by atoms with van der Waals surface area (Å²) in [5.41, 5.74) is 6.29. The average molecular weight is 255 g/mol. The molecule has 2 heteroatoms. The van der Waals surface area contributed by atoms with Crippen molar-refractivity contribution in [3.05, 3.63) is 64.7 Å². The van der Waals surface area contributed by atoms with Gasteiger partial charge in [-0.1, -0.05) is 30.3 Å². The Labute approximate surface area is 115 Å². The van der Waals surface area contributed by atoms with Crippen molar-refractivity contribution in [2.75, 3.05) is 11.9 Å². The van der Waals surface area contributed by atoms with E-state index in [9.17, 15) is 0 Å². The lowest BCUT2D eigenvalue weighted by atomic mass is 10.0. The van der Waals surface area contributed by atoms with E-state index in [0.717, 1.165) is 18.7 Å². The second-order valence-electron chi connectivity index (χ2n) is 4.89. The average Bonchev–Trinajstić information content (AvgIpc) is 2.40. The monoisotopic (exact) mass is 255 g/mol. The molecule has 19 heavy (non-hydrogen) atoms. The Hall–Kier alpha value is -1.80. The second kappa shape index (κ2) is 6.39. The Kier molecular flexibility index (Phi) is 4.58. The molecular formula is C17H21NO. The highest BCUT2D eigenvalue weighted by molar-refractivity contribution is 5.46. The molecule has 2 N–H and O–H groups in total. The maximum atomic E-state index is 8.89. The van der Waals surface area contributed by atoms with Crippen molar-refractivity contribution in [1.29, 1.82) is 0 Å². The third-order valence-corrected chi connectivity index (χ3v) is 3.47. The number of benzene rings is 2. The summed E-state index contributed by atoms with van der Waals surface area (Å²) in [6, 6.07) is 14.6. The number of rotatable bonds is 5. The van der Waals surface area contributed by atoms with Crippen LogP contribution in [-0.2, 0) is 13.0 Å². The lowest BCUT2D eigenvalue weighted by molar-refractivity contribution is 0.299. The molecule has 0 aliphatic heterocycles. The molecule has 0 aromatic heterocycles. The lowest BCUT2D eigenvalue weighted by Gasteiger charge is -2.12. The summed E-state index contributed by atoms with van der Waals surface area (Å²) in [5.74, 6) is 0. The summed E-state index contributed by atoms with van der Waals surface area (Å²) in [4.78, 5) is 0. The van der Waals surface area contributed by atoms with Crippen molar-refractivity contribution in [3.63, 3.8) is 0 Å². The summed E-state index contributed by atoms with van der Waals surface area (Å²) < 4.78 is 0. The Morgan fingerprint density at radius 2 is 1.58 bits per heavy atom. The van der Waals surface area contributed by atoms with Crippen LogP contribution < -0.4 is 5.32 Å². The molecule has 0 saturated carbocycles. The molecule has 0 saturated heterocycles. The molecule has 2 nitrogen and oxygen atoms in total. The number of aryl methyl sites for hydroxylation is 2. The molecule has 0 fully saturated rings. The smallest absolute Gasteiger partial charge is 0.0471 e. The van der Waals surface area contributed by atoms with Crippen LogP contribution in [0.25, 0.3) is 0 Å². The topological polar surface area (TPSA) is 32.3 Å². The minimum Gasteiger partial charge on any atom is -0.396 e. The van der Waals surface area contributed by atoms with Gasteiger partial charge in [0.1, 0.15) is 0 Å². The van der Waals surface area contributed by atoms with Crippen molar-refractivity contribution in [1.82, 2.24) is 0 Å². The van der Waals surface area contributed by atoms with E-state index in [1.54, 1.807) is 0 Å². The van der Waals surface area contributed by atoms with E-state index < -0.39 is 0 Å². The minimum absolute atomic E-state index is 0.204. The van der Waals surface area contributed by atoms with Gasteiger partial charge in [0.25, 0.3) is 0 Å². The van der Waals surface area contributed by atoms with Gasteiger partial charge >= 0.3 is 0 Å². The Morgan fingerprint density at radius 3 is 2.16 bits per heavy atom. The summed E-state index contributed by atoms with van der Waals surface area (Å²) >= 11 is 0. The fourth-order valence-electron chi connectivity index (χ4n) is 2.24. The van der Waals surface area contributed by atoms with Gasteiger partial charge in [-0.15, -0.1) is 0 Å². The van der Waals surface area contributed by atoms with Crippen molar-refractivity contribution in [3.8, 4) is 0 Å². The van der Waals surface area contributed by atoms with Crippen LogP contribution in [0, 0.1) is 13.8 Å². The van der Waals surface area contributed by atoms with Gasteiger partial charge in [-0.25, -0.2) is 0 Å². The van der Waals surface area contributed by atoms with E-state index >= 15 is 0 Å². The van der Waals surface area contributed by atoms with Crippen molar-refractivity contribution < 1.29 is 5.11 Å². The van der Waals surface area contributed by atoms with E-state index in [-0.39, 0.29) is 6.61 Å². The molecule has 0 aliphatic rings. The Bertz CT molecular complexity index is 511. The molecule has 2 aromatic rings. The van der Waals surface area contributed by atoms with E-state index in [0.29, 0.717) is 0 Å². The van der Waals surface area contributed by atoms with Gasteiger partial charge < -0.3 is 10.4 Å². The molecule has 2 rings (SSSR count). The number of hydrogen-bond donors (Lipinski definition) is 2. The van der Waals surface area contributed by atoms with Crippen LogP contribution in [0.3, 0.4) is 0 Å². The molecule has 2 aromatic carbocycles. The largest absolute Gasteiger partial charge is 0.396 e. The van der Waals surface area contributed by atoms with E-state index in [4.69, 9.17) is 5.11 Å². The maximum Gasteiger partial charge on any atom is 0.0471 e. The first-order valence-corrected chi connectivity index (χ1v) is 6.69. The van der Waals surface area contributed by atoms with E-state index in [1.165, 1.54) is 22.3 Å². The van der Waals surface area contributed by atoms with E-state index in [1.807, 2.05) is 0 Å². The third kappa shape index (κ3) is 3.58. The van der Waals surface area contributed by atoms with Crippen LogP contribution >= 0.6 is 0 Å². The number of nitrogens with one attached hydrogen (secondary N) is 1. The molecule has 0 spiro atoms. The van der Waals surface area contributed by atoms with Crippen LogP contribution in [0.5, 0.6) is 0 Å². The Balaban J connectivity index is 2.02. The number of anilines is 1. The molecule has 100 valence electrons. The van der Waals surface area contributed by atoms with Gasteiger partial charge in [0.05, 0.1) is 0 Å². The molecule has 0 amide bonds. The van der Waals surface area contributed by atoms with Crippen LogP contribution in [0.2, 0.25) is 0 Å². The predicted molar refractivity (Wildman–Crippen MR) is 80.5 cm³/mol. The number of hydrogen-bond acceptors (Lipinski definition) is 2. The molecule has 0 heterocycles. The molecule has 0 aliphatic carbocycles. The first-order chi connectivity index (χ1) is 9.20. The predicted octanol–water partition coefficient (Wildman–Crippen LogP) is 3.45. The molecule has 0 unspecified atom stereocenters. The van der Waals surface area contributed by atoms with Crippen LogP contribution in [0.15, 0.2) is 42.5 Å². The fraction of sp³-hybridized carbons (Fsp3) is 0.294. The first kappa shape index (κ1) is 13.6. The molecule has 0 radical (unpaired) electrons. The molecule has 0 atom stereocenters. The standard InChI is InChI=1S/C17H21NO/c1-13-4-3-5-14(2)17(13)12-18-16-8-6-15(7-9-16)10-11-19/h3-9,18-19H,10-12H2,1-2H3. The second-order valence-corrected chi connectivity index (χ2v) is 4.89. The third-order valence-electron chi connectivity index (χ3n) is 3.47. The fourth-order valence-corrected chi connectivity index (χ4v) is 2.24. The highest BCUT2D eigenvalue weighted by Crippen LogP contribution is 2.16. The van der Waals surface area contributed by atoms with Gasteiger partial charge in [0.2, 0.25) is 0 Å². The van der Waals surface area contributed by atoms with Crippen LogP contribution in [0.1, 0.15) is 22.3 Å². The zero-order chi connectivity index (χ0) is 13.7. The number of aliphatic hydroxyl groups excluding tert-OH is 1. The highest BCUT2D eigenvalue weighted by Gasteiger charge is 2.01. The van der Waals surface area contributed by atoms with Gasteiger partial charge in [-0.05, 0) is 54.7 Å². The van der Waals surface area contributed by atoms with Gasteiger partial charge in [0.15, 0.2) is 0 Å². The zero-order valence-electron chi connectivity index (χ0n) is 11.6. The normalized spacial score (nSPS) is 10.5. The van der Waals surface area contributed by atoms with Gasteiger partial charge in [-0.2, -0.15) is 0 Å².